The lowest BCUT2D eigenvalue weighted by Crippen LogP contribution is -2.38. The number of benzene rings is 1. The van der Waals surface area contributed by atoms with E-state index >= 15 is 0 Å². The molecule has 0 bridgehead atoms. The molecule has 0 aliphatic carbocycles. The van der Waals surface area contributed by atoms with Crippen LogP contribution in [0.2, 0.25) is 0 Å². The number of nitrogen functional groups attached to an aromatic ring is 1. The maximum Gasteiger partial charge on any atom is 0.321 e. The lowest BCUT2D eigenvalue weighted by molar-refractivity contribution is -0.127. The molecule has 0 spiro atoms. The first-order valence-corrected chi connectivity index (χ1v) is 12.6. The molecule has 4 aromatic heterocycles. The molecule has 1 saturated heterocycles. The number of piperidine rings is 1. The van der Waals surface area contributed by atoms with Gasteiger partial charge in [-0.2, -0.15) is 5.10 Å². The summed E-state index contributed by atoms with van der Waals surface area (Å²) in [4.78, 5) is 30.9. The summed E-state index contributed by atoms with van der Waals surface area (Å²) in [6.07, 6.45) is 11.7. The molecule has 6 rings (SSSR count). The molecule has 0 unspecified atom stereocenters. The Morgan fingerprint density at radius 3 is 2.54 bits per heavy atom. The number of anilines is 1. The molecule has 5 heterocycles. The van der Waals surface area contributed by atoms with E-state index in [1.54, 1.807) is 18.5 Å². The quantitative estimate of drug-likeness (QED) is 0.332. The predicted molar refractivity (Wildman–Crippen MR) is 147 cm³/mol. The van der Waals surface area contributed by atoms with Gasteiger partial charge in [0.15, 0.2) is 0 Å². The largest absolute Gasteiger partial charge is 0.424 e. The summed E-state index contributed by atoms with van der Waals surface area (Å²) in [7, 11) is 1.97. The molecule has 196 valence electrons. The summed E-state index contributed by atoms with van der Waals surface area (Å²) in [6.45, 7) is 4.96. The molecule has 1 aliphatic rings. The van der Waals surface area contributed by atoms with Gasteiger partial charge in [0.25, 0.3) is 0 Å². The van der Waals surface area contributed by atoms with Crippen LogP contribution in [0.15, 0.2) is 74.1 Å². The van der Waals surface area contributed by atoms with Crippen molar-refractivity contribution in [2.75, 3.05) is 18.8 Å². The summed E-state index contributed by atoms with van der Waals surface area (Å²) >= 11 is 0. The summed E-state index contributed by atoms with van der Waals surface area (Å²) in [5, 5.41) is 5.49. The third-order valence-electron chi connectivity index (χ3n) is 7.09. The van der Waals surface area contributed by atoms with Gasteiger partial charge in [-0.3, -0.25) is 9.48 Å². The third-order valence-corrected chi connectivity index (χ3v) is 7.09. The number of nitrogens with two attached hydrogens (primary N) is 1. The zero-order valence-corrected chi connectivity index (χ0v) is 21.4. The van der Waals surface area contributed by atoms with Gasteiger partial charge in [-0.05, 0) is 42.7 Å². The summed E-state index contributed by atoms with van der Waals surface area (Å²) in [5.41, 5.74) is 10.8. The summed E-state index contributed by atoms with van der Waals surface area (Å²) in [5.74, 6) is 0.993. The van der Waals surface area contributed by atoms with Crippen molar-refractivity contribution >= 4 is 22.8 Å². The highest BCUT2D eigenvalue weighted by molar-refractivity contribution is 6.07. The maximum atomic E-state index is 12.0. The van der Waals surface area contributed by atoms with Crippen molar-refractivity contribution < 1.29 is 9.53 Å². The molecule has 5 aromatic rings. The van der Waals surface area contributed by atoms with Crippen LogP contribution in [-0.2, 0) is 11.8 Å². The lowest BCUT2D eigenvalue weighted by Gasteiger charge is -2.31. The second-order valence-corrected chi connectivity index (χ2v) is 9.37. The number of carbonyl (C=O) groups is 1. The van der Waals surface area contributed by atoms with Crippen molar-refractivity contribution in [1.82, 2.24) is 39.2 Å². The van der Waals surface area contributed by atoms with E-state index in [-0.39, 0.29) is 18.0 Å². The number of ether oxygens (including phenoxy) is 1. The minimum absolute atomic E-state index is 0.0267. The van der Waals surface area contributed by atoms with Gasteiger partial charge in [-0.15, -0.1) is 0 Å². The number of carbonyl (C=O) groups excluding carboxylic acids is 1. The molecule has 39 heavy (non-hydrogen) atoms. The average Bonchev–Trinajstić information content (AvgIpc) is 3.57. The third kappa shape index (κ3) is 4.48. The van der Waals surface area contributed by atoms with Crippen LogP contribution in [0.25, 0.3) is 33.4 Å². The van der Waals surface area contributed by atoms with Crippen LogP contribution in [0.3, 0.4) is 0 Å². The summed E-state index contributed by atoms with van der Waals surface area (Å²) in [6, 6.07) is 9.90. The number of amides is 1. The molecule has 11 nitrogen and oxygen atoms in total. The Kier molecular flexibility index (Phi) is 6.23. The molecule has 1 aromatic carbocycles. The van der Waals surface area contributed by atoms with Gasteiger partial charge >= 0.3 is 6.01 Å². The van der Waals surface area contributed by atoms with Gasteiger partial charge in [0.05, 0.1) is 23.3 Å². The summed E-state index contributed by atoms with van der Waals surface area (Å²) < 4.78 is 9.80. The standard InChI is InChI=1S/C28H27N9O2/c1-3-22(38)36-13-9-20(10-14-36)37-16-19(15-34-37)25-23(24-26(29)32-17-33-27(24)35(25)2)18-5-7-21(8-6-18)39-28-30-11-4-12-31-28/h3-8,11-12,15-17,20H,1,9-10,13-14H2,2H3,(H2,29,32,33). The van der Waals surface area contributed by atoms with Gasteiger partial charge in [-0.25, -0.2) is 19.9 Å². The zero-order chi connectivity index (χ0) is 26.9. The Balaban J connectivity index is 1.36. The first-order chi connectivity index (χ1) is 19.0. The maximum absolute atomic E-state index is 12.0. The monoisotopic (exact) mass is 521 g/mol. The molecule has 0 atom stereocenters. The molecule has 1 aliphatic heterocycles. The first-order valence-electron chi connectivity index (χ1n) is 12.6. The van der Waals surface area contributed by atoms with Gasteiger partial charge < -0.3 is 19.9 Å². The number of hydrogen-bond donors (Lipinski definition) is 1. The second-order valence-electron chi connectivity index (χ2n) is 9.37. The average molecular weight is 522 g/mol. The highest BCUT2D eigenvalue weighted by atomic mass is 16.5. The number of aromatic nitrogens is 7. The van der Waals surface area contributed by atoms with Gasteiger partial charge in [0.1, 0.15) is 23.5 Å². The normalized spacial score (nSPS) is 14.0. The minimum atomic E-state index is -0.0267. The van der Waals surface area contributed by atoms with Crippen LogP contribution in [0.5, 0.6) is 11.8 Å². The molecule has 1 amide bonds. The van der Waals surface area contributed by atoms with Crippen LogP contribution in [0.4, 0.5) is 5.82 Å². The highest BCUT2D eigenvalue weighted by Gasteiger charge is 2.26. The Hall–Kier alpha value is -5.06. The van der Waals surface area contributed by atoms with E-state index in [1.807, 2.05) is 51.7 Å². The first kappa shape index (κ1) is 24.3. The number of hydrogen-bond acceptors (Lipinski definition) is 8. The fourth-order valence-electron chi connectivity index (χ4n) is 5.17. The Bertz CT molecular complexity index is 1650. The van der Waals surface area contributed by atoms with Crippen molar-refractivity contribution in [3.05, 3.63) is 74.1 Å². The van der Waals surface area contributed by atoms with Crippen LogP contribution in [0.1, 0.15) is 18.9 Å². The molecule has 0 radical (unpaired) electrons. The van der Waals surface area contributed by atoms with Crippen LogP contribution >= 0.6 is 0 Å². The number of aryl methyl sites for hydroxylation is 1. The Labute approximate surface area is 224 Å². The van der Waals surface area contributed by atoms with E-state index in [1.165, 1.54) is 12.4 Å². The van der Waals surface area contributed by atoms with E-state index in [9.17, 15) is 4.79 Å². The fraction of sp³-hybridized carbons (Fsp3) is 0.214. The van der Waals surface area contributed by atoms with Crippen molar-refractivity contribution in [3.63, 3.8) is 0 Å². The Morgan fingerprint density at radius 1 is 1.08 bits per heavy atom. The Morgan fingerprint density at radius 2 is 1.82 bits per heavy atom. The van der Waals surface area contributed by atoms with Crippen LogP contribution in [0, 0.1) is 0 Å². The molecule has 11 heteroatoms. The highest BCUT2D eigenvalue weighted by Crippen LogP contribution is 2.42. The van der Waals surface area contributed by atoms with E-state index in [4.69, 9.17) is 15.6 Å². The zero-order valence-electron chi connectivity index (χ0n) is 21.4. The van der Waals surface area contributed by atoms with Crippen molar-refractivity contribution in [2.45, 2.75) is 18.9 Å². The number of nitrogens with zero attached hydrogens (tertiary/aromatic N) is 8. The predicted octanol–water partition coefficient (Wildman–Crippen LogP) is 4.01. The van der Waals surface area contributed by atoms with E-state index in [0.717, 1.165) is 46.3 Å². The SMILES string of the molecule is C=CC(=O)N1CCC(n2cc(-c3c(-c4ccc(Oc5ncccn5)cc4)c4c(N)ncnc4n3C)cn2)CC1. The van der Waals surface area contributed by atoms with E-state index in [2.05, 4.69) is 32.7 Å². The van der Waals surface area contributed by atoms with E-state index < -0.39 is 0 Å². The smallest absolute Gasteiger partial charge is 0.321 e. The minimum Gasteiger partial charge on any atom is -0.424 e. The molecular formula is C28H27N9O2. The lowest BCUT2D eigenvalue weighted by atomic mass is 10.00. The van der Waals surface area contributed by atoms with E-state index in [0.29, 0.717) is 24.7 Å². The number of fused-ring (bicyclic) bond motifs is 1. The van der Waals surface area contributed by atoms with Crippen LogP contribution in [-0.4, -0.2) is 58.2 Å². The molecule has 1 fully saturated rings. The number of likely N-dealkylation sites (tertiary alicyclic amines) is 1. The second kappa shape index (κ2) is 10.0. The molecule has 0 saturated carbocycles. The van der Waals surface area contributed by atoms with Gasteiger partial charge in [-0.1, -0.05) is 18.7 Å². The number of rotatable bonds is 6. The van der Waals surface area contributed by atoms with Gasteiger partial charge in [0.2, 0.25) is 5.91 Å². The molecular weight excluding hydrogens is 494 g/mol. The molecule has 2 N–H and O–H groups in total. The topological polar surface area (TPSA) is 130 Å². The van der Waals surface area contributed by atoms with Crippen molar-refractivity contribution in [3.8, 4) is 34.1 Å². The van der Waals surface area contributed by atoms with Gasteiger partial charge in [0, 0.05) is 49.9 Å². The fourth-order valence-corrected chi connectivity index (χ4v) is 5.17. The van der Waals surface area contributed by atoms with Crippen LogP contribution < -0.4 is 10.5 Å². The van der Waals surface area contributed by atoms with Crippen molar-refractivity contribution in [2.24, 2.45) is 7.05 Å². The van der Waals surface area contributed by atoms with Crippen molar-refractivity contribution in [1.29, 1.82) is 0 Å².